The molecule has 1 fully saturated rings. The van der Waals surface area contributed by atoms with Gasteiger partial charge in [0.05, 0.1) is 22.2 Å². The fraction of sp³-hybridized carbons (Fsp3) is 0.538. The van der Waals surface area contributed by atoms with Gasteiger partial charge < -0.3 is 10.0 Å². The molecule has 6 heteroatoms. The molecule has 0 radical (unpaired) electrons. The van der Waals surface area contributed by atoms with Gasteiger partial charge in [0.25, 0.3) is 0 Å². The van der Waals surface area contributed by atoms with Crippen LogP contribution in [-0.4, -0.2) is 39.1 Å². The highest BCUT2D eigenvalue weighted by atomic mass is 35.5. The van der Waals surface area contributed by atoms with Crippen LogP contribution in [0, 0.1) is 6.92 Å². The highest BCUT2D eigenvalue weighted by molar-refractivity contribution is 6.35. The van der Waals surface area contributed by atoms with Crippen LogP contribution in [0.15, 0.2) is 6.07 Å². The van der Waals surface area contributed by atoms with Crippen LogP contribution >= 0.6 is 11.6 Å². The predicted octanol–water partition coefficient (Wildman–Crippen LogP) is 1.89. The second-order valence-corrected chi connectivity index (χ2v) is 5.50. The predicted molar refractivity (Wildman–Crippen MR) is 75.7 cm³/mol. The smallest absolute Gasteiger partial charge is 0.161 e. The number of nitrogens with zero attached hydrogens (tertiary/aromatic N) is 4. The molecule has 0 bridgehead atoms. The van der Waals surface area contributed by atoms with Crippen molar-refractivity contribution in [2.75, 3.05) is 18.0 Å². The van der Waals surface area contributed by atoms with Gasteiger partial charge in [-0.1, -0.05) is 11.6 Å². The van der Waals surface area contributed by atoms with Crippen LogP contribution < -0.4 is 4.90 Å². The summed E-state index contributed by atoms with van der Waals surface area (Å²) in [5, 5.41) is 15.5. The van der Waals surface area contributed by atoms with E-state index in [1.165, 1.54) is 0 Å². The molecule has 1 N–H and O–H groups in total. The van der Waals surface area contributed by atoms with Gasteiger partial charge in [-0.3, -0.25) is 4.68 Å². The molecule has 0 atom stereocenters. The van der Waals surface area contributed by atoms with E-state index in [0.29, 0.717) is 5.02 Å². The van der Waals surface area contributed by atoms with Crippen molar-refractivity contribution < 1.29 is 5.11 Å². The van der Waals surface area contributed by atoms with Gasteiger partial charge in [0.15, 0.2) is 5.65 Å². The Morgan fingerprint density at radius 2 is 2.05 bits per heavy atom. The highest BCUT2D eigenvalue weighted by Crippen LogP contribution is 2.30. The molecule has 0 amide bonds. The first-order chi connectivity index (χ1) is 9.06. The number of hydrogen-bond donors (Lipinski definition) is 1. The molecule has 5 nitrogen and oxygen atoms in total. The number of aryl methyl sites for hydroxylation is 2. The fourth-order valence-corrected chi connectivity index (χ4v) is 2.96. The Kier molecular flexibility index (Phi) is 3.11. The maximum atomic E-state index is 9.56. The van der Waals surface area contributed by atoms with Gasteiger partial charge in [0.2, 0.25) is 0 Å². The zero-order chi connectivity index (χ0) is 13.6. The van der Waals surface area contributed by atoms with E-state index in [1.807, 2.05) is 20.0 Å². The average molecular weight is 281 g/mol. The molecule has 19 heavy (non-hydrogen) atoms. The van der Waals surface area contributed by atoms with Crippen molar-refractivity contribution >= 4 is 28.5 Å². The lowest BCUT2D eigenvalue weighted by molar-refractivity contribution is 0.145. The first-order valence-corrected chi connectivity index (χ1v) is 6.87. The van der Waals surface area contributed by atoms with Crippen molar-refractivity contribution in [3.63, 3.8) is 0 Å². The standard InChI is InChI=1S/C13H17ClN4O/c1-8-12-10(14)7-11(15-13(12)17(2)16-8)18-5-3-9(19)4-6-18/h7,9,19H,3-6H2,1-2H3. The maximum Gasteiger partial charge on any atom is 0.161 e. The van der Waals surface area contributed by atoms with Gasteiger partial charge in [0, 0.05) is 26.2 Å². The van der Waals surface area contributed by atoms with Gasteiger partial charge in [-0.2, -0.15) is 5.10 Å². The van der Waals surface area contributed by atoms with E-state index in [9.17, 15) is 5.11 Å². The second kappa shape index (κ2) is 4.65. The van der Waals surface area contributed by atoms with Crippen molar-refractivity contribution in [1.29, 1.82) is 0 Å². The van der Waals surface area contributed by atoms with Crippen LogP contribution in [0.2, 0.25) is 5.02 Å². The Hall–Kier alpha value is -1.33. The van der Waals surface area contributed by atoms with Gasteiger partial charge in [-0.05, 0) is 19.8 Å². The molecule has 2 aromatic rings. The van der Waals surface area contributed by atoms with E-state index in [-0.39, 0.29) is 6.10 Å². The minimum atomic E-state index is -0.186. The number of aliphatic hydroxyl groups is 1. The van der Waals surface area contributed by atoms with Crippen molar-refractivity contribution in [1.82, 2.24) is 14.8 Å². The molecule has 102 valence electrons. The Labute approximate surface area is 116 Å². The monoisotopic (exact) mass is 280 g/mol. The molecule has 1 aliphatic rings. The largest absolute Gasteiger partial charge is 0.393 e. The Bertz CT molecular complexity index is 617. The molecular formula is C13H17ClN4O. The number of anilines is 1. The number of rotatable bonds is 1. The van der Waals surface area contributed by atoms with Crippen molar-refractivity contribution in [2.24, 2.45) is 7.05 Å². The molecule has 1 saturated heterocycles. The number of fused-ring (bicyclic) bond motifs is 1. The van der Waals surface area contributed by atoms with Crippen molar-refractivity contribution in [3.8, 4) is 0 Å². The second-order valence-electron chi connectivity index (χ2n) is 5.09. The van der Waals surface area contributed by atoms with Gasteiger partial charge in [-0.15, -0.1) is 0 Å². The topological polar surface area (TPSA) is 54.2 Å². The first-order valence-electron chi connectivity index (χ1n) is 6.49. The van der Waals surface area contributed by atoms with Crippen molar-refractivity contribution in [3.05, 3.63) is 16.8 Å². The molecule has 1 aliphatic heterocycles. The summed E-state index contributed by atoms with van der Waals surface area (Å²) in [5.41, 5.74) is 1.71. The average Bonchev–Trinajstić information content (AvgIpc) is 2.66. The Balaban J connectivity index is 2.03. The molecule has 0 aliphatic carbocycles. The lowest BCUT2D eigenvalue weighted by Gasteiger charge is -2.30. The van der Waals surface area contributed by atoms with Crippen molar-refractivity contribution in [2.45, 2.75) is 25.9 Å². The summed E-state index contributed by atoms with van der Waals surface area (Å²) in [7, 11) is 1.88. The number of piperidine rings is 1. The molecule has 3 heterocycles. The quantitative estimate of drug-likeness (QED) is 0.867. The number of pyridine rings is 1. The summed E-state index contributed by atoms with van der Waals surface area (Å²) in [4.78, 5) is 6.83. The zero-order valence-electron chi connectivity index (χ0n) is 11.1. The minimum Gasteiger partial charge on any atom is -0.393 e. The first kappa shape index (κ1) is 12.7. The summed E-state index contributed by atoms with van der Waals surface area (Å²) in [6, 6.07) is 1.90. The van der Waals surface area contributed by atoms with Crippen LogP contribution in [0.3, 0.4) is 0 Å². The maximum absolute atomic E-state index is 9.56. The number of aliphatic hydroxyl groups excluding tert-OH is 1. The van der Waals surface area contributed by atoms with E-state index >= 15 is 0 Å². The lowest BCUT2D eigenvalue weighted by Crippen LogP contribution is -2.36. The molecule has 0 aromatic carbocycles. The third-order valence-electron chi connectivity index (χ3n) is 3.70. The van der Waals surface area contributed by atoms with E-state index in [2.05, 4.69) is 15.0 Å². The number of halogens is 1. The van der Waals surface area contributed by atoms with Crippen LogP contribution in [0.25, 0.3) is 11.0 Å². The number of aromatic nitrogens is 3. The van der Waals surface area contributed by atoms with Crippen LogP contribution in [0.5, 0.6) is 0 Å². The Morgan fingerprint density at radius 1 is 1.37 bits per heavy atom. The summed E-state index contributed by atoms with van der Waals surface area (Å²) in [5.74, 6) is 0.868. The summed E-state index contributed by atoms with van der Waals surface area (Å²) in [6.07, 6.45) is 1.37. The van der Waals surface area contributed by atoms with E-state index < -0.39 is 0 Å². The molecule has 0 spiro atoms. The highest BCUT2D eigenvalue weighted by Gasteiger charge is 2.20. The van der Waals surface area contributed by atoms with Crippen LogP contribution in [0.1, 0.15) is 18.5 Å². The fourth-order valence-electron chi connectivity index (χ4n) is 2.64. The molecule has 0 unspecified atom stereocenters. The van der Waals surface area contributed by atoms with Gasteiger partial charge >= 0.3 is 0 Å². The van der Waals surface area contributed by atoms with Crippen LogP contribution in [0.4, 0.5) is 5.82 Å². The molecule has 0 saturated carbocycles. The number of hydrogen-bond acceptors (Lipinski definition) is 4. The Morgan fingerprint density at radius 3 is 2.74 bits per heavy atom. The van der Waals surface area contributed by atoms with E-state index in [0.717, 1.165) is 48.5 Å². The third kappa shape index (κ3) is 2.17. The molecule has 2 aromatic heterocycles. The summed E-state index contributed by atoms with van der Waals surface area (Å²) >= 11 is 6.36. The normalized spacial score (nSPS) is 17.4. The summed E-state index contributed by atoms with van der Waals surface area (Å²) in [6.45, 7) is 3.56. The third-order valence-corrected chi connectivity index (χ3v) is 3.99. The van der Waals surface area contributed by atoms with Gasteiger partial charge in [-0.25, -0.2) is 4.98 Å². The van der Waals surface area contributed by atoms with Crippen LogP contribution in [-0.2, 0) is 7.05 Å². The minimum absolute atomic E-state index is 0.186. The lowest BCUT2D eigenvalue weighted by atomic mass is 10.1. The van der Waals surface area contributed by atoms with E-state index in [1.54, 1.807) is 4.68 Å². The molecule has 3 rings (SSSR count). The molecular weight excluding hydrogens is 264 g/mol. The SMILES string of the molecule is Cc1nn(C)c2nc(N3CCC(O)CC3)cc(Cl)c12. The zero-order valence-corrected chi connectivity index (χ0v) is 11.9. The summed E-state index contributed by atoms with van der Waals surface area (Å²) < 4.78 is 1.76. The van der Waals surface area contributed by atoms with E-state index in [4.69, 9.17) is 11.6 Å². The van der Waals surface area contributed by atoms with Gasteiger partial charge in [0.1, 0.15) is 5.82 Å².